The summed E-state index contributed by atoms with van der Waals surface area (Å²) in [6, 6.07) is 0.505. The molecule has 1 N–H and O–H groups in total. The van der Waals surface area contributed by atoms with Gasteiger partial charge in [-0.05, 0) is 0 Å². The minimum absolute atomic E-state index is 0.505. The molecule has 4 nitrogen and oxygen atoms in total. The van der Waals surface area contributed by atoms with E-state index in [1.807, 2.05) is 7.05 Å². The van der Waals surface area contributed by atoms with Gasteiger partial charge in [0.1, 0.15) is 0 Å². The van der Waals surface area contributed by atoms with E-state index < -0.39 is 0 Å². The molecule has 0 aliphatic heterocycles. The van der Waals surface area contributed by atoms with Gasteiger partial charge in [0.25, 0.3) is 0 Å². The number of aryl methyl sites for hydroxylation is 1. The van der Waals surface area contributed by atoms with Gasteiger partial charge in [0.05, 0.1) is 11.9 Å². The minimum atomic E-state index is 0.505. The zero-order valence-electron chi connectivity index (χ0n) is 7.20. The number of aromatic nitrogens is 3. The second-order valence-corrected chi connectivity index (χ2v) is 2.88. The lowest BCUT2D eigenvalue weighted by molar-refractivity contribution is 0.557. The molecule has 1 aromatic rings. The second kappa shape index (κ2) is 3.48. The van der Waals surface area contributed by atoms with E-state index >= 15 is 0 Å². The van der Waals surface area contributed by atoms with Gasteiger partial charge >= 0.3 is 0 Å². The Morgan fingerprint density at radius 1 is 1.64 bits per heavy atom. The van der Waals surface area contributed by atoms with Crippen molar-refractivity contribution in [3.63, 3.8) is 0 Å². The third-order valence-electron chi connectivity index (χ3n) is 1.50. The molecule has 0 fully saturated rings. The molecule has 0 aliphatic carbocycles. The molecule has 0 spiro atoms. The summed E-state index contributed by atoms with van der Waals surface area (Å²) in [7, 11) is 1.89. The summed E-state index contributed by atoms with van der Waals surface area (Å²) in [5.74, 6) is 0. The predicted molar refractivity (Wildman–Crippen MR) is 43.0 cm³/mol. The Balaban J connectivity index is 2.44. The van der Waals surface area contributed by atoms with Gasteiger partial charge in [-0.1, -0.05) is 19.1 Å². The van der Waals surface area contributed by atoms with Gasteiger partial charge in [0, 0.05) is 19.6 Å². The second-order valence-electron chi connectivity index (χ2n) is 2.88. The Bertz CT molecular complexity index is 216. The van der Waals surface area contributed by atoms with Crippen molar-refractivity contribution in [1.82, 2.24) is 20.3 Å². The van der Waals surface area contributed by atoms with E-state index in [9.17, 15) is 0 Å². The van der Waals surface area contributed by atoms with Crippen molar-refractivity contribution in [3.8, 4) is 0 Å². The van der Waals surface area contributed by atoms with Crippen molar-refractivity contribution in [2.75, 3.05) is 0 Å². The standard InChI is InChI=1S/C7H14N4/c1-6(2)8-4-7-5-9-10-11(7)3/h5-6,8H,4H2,1-3H3. The topological polar surface area (TPSA) is 42.7 Å². The Hall–Kier alpha value is -0.900. The molecule has 0 saturated heterocycles. The van der Waals surface area contributed by atoms with E-state index in [1.165, 1.54) is 0 Å². The van der Waals surface area contributed by atoms with Crippen LogP contribution in [0.15, 0.2) is 6.20 Å². The zero-order chi connectivity index (χ0) is 8.27. The number of hydrogen-bond donors (Lipinski definition) is 1. The lowest BCUT2D eigenvalue weighted by Gasteiger charge is -2.06. The fourth-order valence-electron chi connectivity index (χ4n) is 0.780. The van der Waals surface area contributed by atoms with Crippen LogP contribution in [0.1, 0.15) is 19.5 Å². The van der Waals surface area contributed by atoms with Gasteiger partial charge in [-0.3, -0.25) is 4.68 Å². The highest BCUT2D eigenvalue weighted by Crippen LogP contribution is 1.92. The molecule has 11 heavy (non-hydrogen) atoms. The maximum absolute atomic E-state index is 3.82. The van der Waals surface area contributed by atoms with Crippen LogP contribution in [0.3, 0.4) is 0 Å². The molecule has 0 unspecified atom stereocenters. The van der Waals surface area contributed by atoms with Crippen LogP contribution in [-0.4, -0.2) is 21.0 Å². The molecule has 0 saturated carbocycles. The van der Waals surface area contributed by atoms with Crippen LogP contribution in [0.4, 0.5) is 0 Å². The Morgan fingerprint density at radius 2 is 2.36 bits per heavy atom. The molecule has 0 bridgehead atoms. The SMILES string of the molecule is CC(C)NCc1cnnn1C. The normalized spacial score (nSPS) is 10.9. The molecule has 1 heterocycles. The molecule has 0 aliphatic rings. The fraction of sp³-hybridized carbons (Fsp3) is 0.714. The molecule has 0 radical (unpaired) electrons. The number of nitrogens with one attached hydrogen (secondary N) is 1. The van der Waals surface area contributed by atoms with Crippen molar-refractivity contribution in [1.29, 1.82) is 0 Å². The molecule has 4 heteroatoms. The van der Waals surface area contributed by atoms with Crippen molar-refractivity contribution >= 4 is 0 Å². The number of rotatable bonds is 3. The third kappa shape index (κ3) is 2.31. The first kappa shape index (κ1) is 8.20. The average Bonchev–Trinajstić information content (AvgIpc) is 2.31. The smallest absolute Gasteiger partial charge is 0.0738 e. The Morgan fingerprint density at radius 3 is 2.82 bits per heavy atom. The van der Waals surface area contributed by atoms with Crippen LogP contribution in [0.25, 0.3) is 0 Å². The van der Waals surface area contributed by atoms with Gasteiger partial charge < -0.3 is 5.32 Å². The predicted octanol–water partition coefficient (Wildman–Crippen LogP) is 0.313. The fourth-order valence-corrected chi connectivity index (χ4v) is 0.780. The first-order valence-electron chi connectivity index (χ1n) is 3.77. The lowest BCUT2D eigenvalue weighted by Crippen LogP contribution is -2.23. The molecule has 62 valence electrons. The molecule has 0 amide bonds. The van der Waals surface area contributed by atoms with Crippen LogP contribution < -0.4 is 5.32 Å². The molecular weight excluding hydrogens is 140 g/mol. The molecule has 1 aromatic heterocycles. The highest BCUT2D eigenvalue weighted by molar-refractivity contribution is 4.92. The number of nitrogens with zero attached hydrogens (tertiary/aromatic N) is 3. The summed E-state index contributed by atoms with van der Waals surface area (Å²) in [5, 5.41) is 10.9. The maximum atomic E-state index is 3.82. The summed E-state index contributed by atoms with van der Waals surface area (Å²) < 4.78 is 1.77. The average molecular weight is 154 g/mol. The van der Waals surface area contributed by atoms with Crippen molar-refractivity contribution in [2.24, 2.45) is 7.05 Å². The maximum Gasteiger partial charge on any atom is 0.0738 e. The van der Waals surface area contributed by atoms with E-state index in [0.29, 0.717) is 6.04 Å². The third-order valence-corrected chi connectivity index (χ3v) is 1.50. The van der Waals surface area contributed by atoms with E-state index in [-0.39, 0.29) is 0 Å². The first-order valence-corrected chi connectivity index (χ1v) is 3.77. The summed E-state index contributed by atoms with van der Waals surface area (Å²) in [5.41, 5.74) is 1.11. The van der Waals surface area contributed by atoms with Gasteiger partial charge in [0.15, 0.2) is 0 Å². The van der Waals surface area contributed by atoms with Crippen molar-refractivity contribution < 1.29 is 0 Å². The number of hydrogen-bond acceptors (Lipinski definition) is 3. The van der Waals surface area contributed by atoms with Crippen molar-refractivity contribution in [2.45, 2.75) is 26.4 Å². The highest BCUT2D eigenvalue weighted by atomic mass is 15.4. The summed E-state index contributed by atoms with van der Waals surface area (Å²) in [4.78, 5) is 0. The molecular formula is C7H14N4. The quantitative estimate of drug-likeness (QED) is 0.681. The molecule has 0 aromatic carbocycles. The van der Waals surface area contributed by atoms with Gasteiger partial charge in [-0.25, -0.2) is 0 Å². The lowest BCUT2D eigenvalue weighted by atomic mass is 10.3. The minimum Gasteiger partial charge on any atom is -0.309 e. The summed E-state index contributed by atoms with van der Waals surface area (Å²) >= 11 is 0. The van der Waals surface area contributed by atoms with E-state index in [2.05, 4.69) is 29.5 Å². The summed E-state index contributed by atoms with van der Waals surface area (Å²) in [6.45, 7) is 5.06. The highest BCUT2D eigenvalue weighted by Gasteiger charge is 1.99. The van der Waals surface area contributed by atoms with Gasteiger partial charge in [0.2, 0.25) is 0 Å². The zero-order valence-corrected chi connectivity index (χ0v) is 7.20. The summed E-state index contributed by atoms with van der Waals surface area (Å²) in [6.07, 6.45) is 1.77. The van der Waals surface area contributed by atoms with Crippen LogP contribution in [0.5, 0.6) is 0 Å². The molecule has 0 atom stereocenters. The first-order chi connectivity index (χ1) is 5.20. The van der Waals surface area contributed by atoms with Gasteiger partial charge in [-0.2, -0.15) is 0 Å². The largest absolute Gasteiger partial charge is 0.309 e. The van der Waals surface area contributed by atoms with Crippen molar-refractivity contribution in [3.05, 3.63) is 11.9 Å². The van der Waals surface area contributed by atoms with E-state index in [1.54, 1.807) is 10.9 Å². The van der Waals surface area contributed by atoms with Crippen LogP contribution in [0.2, 0.25) is 0 Å². The monoisotopic (exact) mass is 154 g/mol. The molecule has 1 rings (SSSR count). The Kier molecular flexibility index (Phi) is 2.59. The van der Waals surface area contributed by atoms with E-state index in [0.717, 1.165) is 12.2 Å². The van der Waals surface area contributed by atoms with Gasteiger partial charge in [-0.15, -0.1) is 5.10 Å². The Labute approximate surface area is 66.6 Å². The van der Waals surface area contributed by atoms with E-state index in [4.69, 9.17) is 0 Å². The van der Waals surface area contributed by atoms with Crippen LogP contribution >= 0.6 is 0 Å². The van der Waals surface area contributed by atoms with Crippen LogP contribution in [0, 0.1) is 0 Å². The van der Waals surface area contributed by atoms with Crippen LogP contribution in [-0.2, 0) is 13.6 Å².